The van der Waals surface area contributed by atoms with Crippen LogP contribution in [0.2, 0.25) is 18.1 Å². The SMILES string of the molecule is CC(C)(C)OC(=O)N[C@H](CCO[Si](C)(C)C(C)(C)C)Cc1ccc(N)cc1. The van der Waals surface area contributed by atoms with Gasteiger partial charge in [-0.25, -0.2) is 4.79 Å². The molecule has 0 radical (unpaired) electrons. The molecule has 0 aliphatic heterocycles. The molecule has 0 spiro atoms. The first kappa shape index (κ1) is 23.5. The summed E-state index contributed by atoms with van der Waals surface area (Å²) in [6, 6.07) is 7.69. The number of benzene rings is 1. The highest BCUT2D eigenvalue weighted by molar-refractivity contribution is 6.74. The van der Waals surface area contributed by atoms with Crippen molar-refractivity contribution in [2.75, 3.05) is 12.3 Å². The number of carbonyl (C=O) groups excluding carboxylic acids is 1. The van der Waals surface area contributed by atoms with Gasteiger partial charge in [-0.05, 0) is 69.4 Å². The molecule has 1 aromatic rings. The molecule has 0 heterocycles. The zero-order chi connectivity index (χ0) is 20.9. The Labute approximate surface area is 166 Å². The number of anilines is 1. The van der Waals surface area contributed by atoms with E-state index in [2.05, 4.69) is 39.2 Å². The van der Waals surface area contributed by atoms with E-state index in [0.29, 0.717) is 13.0 Å². The van der Waals surface area contributed by atoms with Gasteiger partial charge >= 0.3 is 6.09 Å². The highest BCUT2D eigenvalue weighted by Crippen LogP contribution is 2.36. The predicted octanol–water partition coefficient (Wildman–Crippen LogP) is 5.12. The molecular weight excluding hydrogens is 356 g/mol. The second kappa shape index (κ2) is 9.11. The predicted molar refractivity (Wildman–Crippen MR) is 115 cm³/mol. The molecule has 154 valence electrons. The number of amides is 1. The van der Waals surface area contributed by atoms with Gasteiger partial charge in [0.15, 0.2) is 8.32 Å². The molecule has 0 bridgehead atoms. The van der Waals surface area contributed by atoms with Crippen molar-refractivity contribution in [1.29, 1.82) is 0 Å². The lowest BCUT2D eigenvalue weighted by atomic mass is 10.0. The molecule has 3 N–H and O–H groups in total. The third-order valence-corrected chi connectivity index (χ3v) is 9.46. The fourth-order valence-corrected chi connectivity index (χ4v) is 3.37. The summed E-state index contributed by atoms with van der Waals surface area (Å²) in [6.45, 7) is 17.4. The van der Waals surface area contributed by atoms with Crippen LogP contribution in [-0.2, 0) is 15.6 Å². The summed E-state index contributed by atoms with van der Waals surface area (Å²) in [7, 11) is -1.81. The molecule has 1 aromatic carbocycles. The van der Waals surface area contributed by atoms with Gasteiger partial charge in [-0.2, -0.15) is 0 Å². The van der Waals surface area contributed by atoms with Crippen molar-refractivity contribution in [3.8, 4) is 0 Å². The van der Waals surface area contributed by atoms with Crippen LogP contribution in [0.3, 0.4) is 0 Å². The molecule has 5 nitrogen and oxygen atoms in total. The number of ether oxygens (including phenoxy) is 1. The number of rotatable bonds is 7. The van der Waals surface area contributed by atoms with E-state index in [9.17, 15) is 4.79 Å². The van der Waals surface area contributed by atoms with Crippen molar-refractivity contribution in [2.24, 2.45) is 0 Å². The zero-order valence-electron chi connectivity index (χ0n) is 18.3. The molecule has 0 fully saturated rings. The molecule has 27 heavy (non-hydrogen) atoms. The maximum Gasteiger partial charge on any atom is 0.407 e. The molecule has 0 aromatic heterocycles. The van der Waals surface area contributed by atoms with Crippen LogP contribution in [0.25, 0.3) is 0 Å². The maximum atomic E-state index is 12.2. The minimum absolute atomic E-state index is 0.0618. The van der Waals surface area contributed by atoms with Crippen molar-refractivity contribution < 1.29 is 14.0 Å². The van der Waals surface area contributed by atoms with Gasteiger partial charge in [0.25, 0.3) is 0 Å². The van der Waals surface area contributed by atoms with Crippen LogP contribution in [0, 0.1) is 0 Å². The minimum atomic E-state index is -1.81. The van der Waals surface area contributed by atoms with Crippen molar-refractivity contribution in [3.63, 3.8) is 0 Å². The summed E-state index contributed by atoms with van der Waals surface area (Å²) in [4.78, 5) is 12.2. The summed E-state index contributed by atoms with van der Waals surface area (Å²) in [5, 5.41) is 3.17. The van der Waals surface area contributed by atoms with E-state index in [-0.39, 0.29) is 11.1 Å². The van der Waals surface area contributed by atoms with Crippen molar-refractivity contribution in [1.82, 2.24) is 5.32 Å². The van der Waals surface area contributed by atoms with Crippen LogP contribution in [-0.4, -0.2) is 32.7 Å². The molecule has 1 amide bonds. The first-order valence-corrected chi connectivity index (χ1v) is 12.6. The Morgan fingerprint density at radius 1 is 1.11 bits per heavy atom. The fourth-order valence-electron chi connectivity index (χ4n) is 2.31. The summed E-state index contributed by atoms with van der Waals surface area (Å²) in [5.41, 5.74) is 7.11. The van der Waals surface area contributed by atoms with Crippen LogP contribution in [0.15, 0.2) is 24.3 Å². The monoisotopic (exact) mass is 394 g/mol. The topological polar surface area (TPSA) is 73.6 Å². The first-order chi connectivity index (χ1) is 12.2. The molecule has 0 saturated carbocycles. The smallest absolute Gasteiger partial charge is 0.407 e. The Bertz CT molecular complexity index is 601. The van der Waals surface area contributed by atoms with E-state index in [4.69, 9.17) is 14.9 Å². The molecule has 0 aliphatic rings. The normalized spacial score (nSPS) is 13.9. The Morgan fingerprint density at radius 3 is 2.15 bits per heavy atom. The molecular formula is C21H38N2O3Si. The Kier molecular flexibility index (Phi) is 7.93. The highest BCUT2D eigenvalue weighted by atomic mass is 28.4. The summed E-state index contributed by atoms with van der Waals surface area (Å²) in [5.74, 6) is 0. The Morgan fingerprint density at radius 2 is 1.67 bits per heavy atom. The van der Waals surface area contributed by atoms with Crippen LogP contribution in [0.4, 0.5) is 10.5 Å². The van der Waals surface area contributed by atoms with Gasteiger partial charge in [0.1, 0.15) is 5.60 Å². The van der Waals surface area contributed by atoms with Gasteiger partial charge in [-0.15, -0.1) is 0 Å². The van der Waals surface area contributed by atoms with Gasteiger partial charge in [0.05, 0.1) is 0 Å². The highest BCUT2D eigenvalue weighted by Gasteiger charge is 2.37. The zero-order valence-corrected chi connectivity index (χ0v) is 19.3. The van der Waals surface area contributed by atoms with E-state index in [0.717, 1.165) is 17.7 Å². The van der Waals surface area contributed by atoms with E-state index < -0.39 is 20.0 Å². The average molecular weight is 395 g/mol. The average Bonchev–Trinajstić information content (AvgIpc) is 2.46. The number of hydrogen-bond donors (Lipinski definition) is 2. The van der Waals surface area contributed by atoms with Gasteiger partial charge < -0.3 is 20.2 Å². The number of nitrogens with two attached hydrogens (primary N) is 1. The maximum absolute atomic E-state index is 12.2. The summed E-state index contributed by atoms with van der Waals surface area (Å²) < 4.78 is 11.7. The van der Waals surface area contributed by atoms with Crippen LogP contribution >= 0.6 is 0 Å². The van der Waals surface area contributed by atoms with Crippen LogP contribution in [0.1, 0.15) is 53.5 Å². The van der Waals surface area contributed by atoms with Gasteiger partial charge in [0.2, 0.25) is 0 Å². The van der Waals surface area contributed by atoms with E-state index in [1.165, 1.54) is 0 Å². The van der Waals surface area contributed by atoms with Gasteiger partial charge in [-0.1, -0.05) is 32.9 Å². The van der Waals surface area contributed by atoms with Crippen LogP contribution in [0.5, 0.6) is 0 Å². The molecule has 6 heteroatoms. The molecule has 0 aliphatic carbocycles. The standard InChI is InChI=1S/C21H38N2O3Si/c1-20(2,3)26-19(24)23-18(15-16-9-11-17(22)12-10-16)13-14-25-27(7,8)21(4,5)6/h9-12,18H,13-15,22H2,1-8H3,(H,23,24)/t18-/m1/s1. The second-order valence-electron chi connectivity index (χ2n) is 9.69. The molecule has 1 rings (SSSR count). The van der Waals surface area contributed by atoms with Crippen molar-refractivity contribution in [2.45, 2.75) is 84.2 Å². The fraction of sp³-hybridized carbons (Fsp3) is 0.667. The summed E-state index contributed by atoms with van der Waals surface area (Å²) in [6.07, 6.45) is 1.05. The third-order valence-electron chi connectivity index (χ3n) is 4.92. The second-order valence-corrected chi connectivity index (χ2v) is 14.5. The Balaban J connectivity index is 2.75. The van der Waals surface area contributed by atoms with Crippen LogP contribution < -0.4 is 11.1 Å². The van der Waals surface area contributed by atoms with E-state index >= 15 is 0 Å². The Hall–Kier alpha value is -1.53. The number of alkyl carbamates (subject to hydrolysis) is 1. The van der Waals surface area contributed by atoms with Crippen molar-refractivity contribution in [3.05, 3.63) is 29.8 Å². The lowest BCUT2D eigenvalue weighted by Crippen LogP contribution is -2.44. The number of nitrogen functional groups attached to an aromatic ring is 1. The number of nitrogens with one attached hydrogen (secondary N) is 1. The largest absolute Gasteiger partial charge is 0.444 e. The minimum Gasteiger partial charge on any atom is -0.444 e. The molecule has 0 saturated heterocycles. The summed E-state index contributed by atoms with van der Waals surface area (Å²) >= 11 is 0. The third kappa shape index (κ3) is 8.80. The van der Waals surface area contributed by atoms with E-state index in [1.54, 1.807) is 0 Å². The number of hydrogen-bond acceptors (Lipinski definition) is 4. The van der Waals surface area contributed by atoms with E-state index in [1.807, 2.05) is 45.0 Å². The van der Waals surface area contributed by atoms with Crippen molar-refractivity contribution >= 4 is 20.1 Å². The molecule has 1 atom stereocenters. The lowest BCUT2D eigenvalue weighted by molar-refractivity contribution is 0.0497. The van der Waals surface area contributed by atoms with Gasteiger partial charge in [0, 0.05) is 18.3 Å². The molecule has 0 unspecified atom stereocenters. The lowest BCUT2D eigenvalue weighted by Gasteiger charge is -2.36. The van der Waals surface area contributed by atoms with Gasteiger partial charge in [-0.3, -0.25) is 0 Å². The number of carbonyl (C=O) groups is 1. The first-order valence-electron chi connectivity index (χ1n) is 9.67. The quantitative estimate of drug-likeness (QED) is 0.497.